The van der Waals surface area contributed by atoms with Gasteiger partial charge < -0.3 is 5.32 Å². The van der Waals surface area contributed by atoms with Gasteiger partial charge in [0, 0.05) is 14.6 Å². The molecule has 0 radical (unpaired) electrons. The summed E-state index contributed by atoms with van der Waals surface area (Å²) in [7, 11) is -0.958. The minimum atomic E-state index is -1.17. The molecule has 0 aromatic carbocycles. The van der Waals surface area contributed by atoms with Crippen LogP contribution in [0.3, 0.4) is 0 Å². The number of carbonyl (C=O) groups is 1. The van der Waals surface area contributed by atoms with Gasteiger partial charge in [-0.15, -0.1) is 0 Å². The summed E-state index contributed by atoms with van der Waals surface area (Å²) in [6, 6.07) is 0.575. The topological polar surface area (TPSA) is 84.0 Å². The maximum Gasteiger partial charge on any atom is 0.336 e. The number of H-pyrrole nitrogens is 1. The Bertz CT molecular complexity index is 639. The van der Waals surface area contributed by atoms with Crippen LogP contribution in [-0.4, -0.2) is 41.7 Å². The molecule has 6 nitrogen and oxygen atoms in total. The van der Waals surface area contributed by atoms with Crippen molar-refractivity contribution in [2.75, 3.05) is 18.1 Å². The van der Waals surface area contributed by atoms with Gasteiger partial charge in [0.25, 0.3) is 5.56 Å². The number of aromatic nitrogens is 2. The Hall–Kier alpha value is -1.35. The fraction of sp³-hybridized carbons (Fsp3) is 0.643. The second-order valence-corrected chi connectivity index (χ2v) is 13.3. The number of amides is 1. The monoisotopic (exact) mass is 361 g/mol. The van der Waals surface area contributed by atoms with Crippen molar-refractivity contribution in [1.82, 2.24) is 14.9 Å². The molecule has 1 rings (SSSR count). The number of aromatic amines is 1. The van der Waals surface area contributed by atoms with Crippen molar-refractivity contribution in [1.29, 1.82) is 0 Å². The molecule has 0 aliphatic rings. The number of hydrogen-bond acceptors (Lipinski definition) is 4. The third kappa shape index (κ3) is 7.64. The Morgan fingerprint density at radius 2 is 1.96 bits per heavy atom. The number of rotatable bonds is 8. The molecule has 0 bridgehead atoms. The molecule has 0 aliphatic carbocycles. The van der Waals surface area contributed by atoms with Crippen LogP contribution in [0.15, 0.2) is 15.8 Å². The van der Waals surface area contributed by atoms with E-state index < -0.39 is 31.2 Å². The minimum Gasteiger partial charge on any atom is -0.337 e. The van der Waals surface area contributed by atoms with Gasteiger partial charge in [-0.1, -0.05) is 25.7 Å². The first kappa shape index (κ1) is 19.7. The average Bonchev–Trinajstić information content (AvgIpc) is 2.44. The van der Waals surface area contributed by atoms with Gasteiger partial charge in [-0.25, -0.2) is 14.2 Å². The van der Waals surface area contributed by atoms with Gasteiger partial charge in [0.1, 0.15) is 0 Å². The summed E-state index contributed by atoms with van der Waals surface area (Å²) in [5.74, 6) is 0.863. The predicted octanol–water partition coefficient (Wildman–Crippen LogP) is 2.08. The van der Waals surface area contributed by atoms with E-state index in [9.17, 15) is 18.8 Å². The quantitative estimate of drug-likeness (QED) is 0.548. The normalized spacial score (nSPS) is 11.5. The van der Waals surface area contributed by atoms with E-state index in [2.05, 4.69) is 25.0 Å². The molecule has 0 atom stereocenters. The van der Waals surface area contributed by atoms with E-state index in [1.165, 1.54) is 12.5 Å². The van der Waals surface area contributed by atoms with Gasteiger partial charge >= 0.3 is 11.7 Å². The second kappa shape index (κ2) is 9.07. The second-order valence-electron chi connectivity index (χ2n) is 6.47. The van der Waals surface area contributed by atoms with Gasteiger partial charge in [-0.05, 0) is 24.3 Å². The maximum absolute atomic E-state index is 13.1. The lowest BCUT2D eigenvalue weighted by molar-refractivity contribution is 0.240. The number of carbonyl (C=O) groups excluding carboxylic acids is 1. The Labute approximate surface area is 139 Å². The van der Waals surface area contributed by atoms with Crippen LogP contribution in [0.5, 0.6) is 0 Å². The number of nitrogens with zero attached hydrogens (tertiary/aromatic N) is 1. The lowest BCUT2D eigenvalue weighted by atomic mass is 10.5. The summed E-state index contributed by atoms with van der Waals surface area (Å²) >= 11 is 1.84. The first-order valence-corrected chi connectivity index (χ1v) is 12.4. The summed E-state index contributed by atoms with van der Waals surface area (Å²) in [5, 5.41) is 2.53. The highest BCUT2D eigenvalue weighted by Crippen LogP contribution is 2.14. The predicted molar refractivity (Wildman–Crippen MR) is 94.8 cm³/mol. The summed E-state index contributed by atoms with van der Waals surface area (Å²) in [4.78, 5) is 35.8. The van der Waals surface area contributed by atoms with Crippen molar-refractivity contribution in [3.05, 3.63) is 32.9 Å². The van der Waals surface area contributed by atoms with Crippen LogP contribution in [0, 0.1) is 5.82 Å². The van der Waals surface area contributed by atoms with Crippen LogP contribution in [-0.2, 0) is 0 Å². The average molecular weight is 362 g/mol. The highest BCUT2D eigenvalue weighted by atomic mass is 32.2. The van der Waals surface area contributed by atoms with E-state index in [1.54, 1.807) is 4.98 Å². The lowest BCUT2D eigenvalue weighted by Gasteiger charge is -2.14. The summed E-state index contributed by atoms with van der Waals surface area (Å²) in [6.45, 7) is 7.46. The van der Waals surface area contributed by atoms with Crippen molar-refractivity contribution < 1.29 is 9.18 Å². The SMILES string of the molecule is C[Si](C)(C)CCCSCCCNC(=O)n1cc(F)c(=O)[nH]c1=O. The Kier molecular flexibility index (Phi) is 7.76. The maximum atomic E-state index is 13.1. The van der Waals surface area contributed by atoms with Crippen LogP contribution in [0.2, 0.25) is 25.7 Å². The van der Waals surface area contributed by atoms with Crippen molar-refractivity contribution >= 4 is 25.9 Å². The fourth-order valence-electron chi connectivity index (χ4n) is 1.86. The van der Waals surface area contributed by atoms with Crippen LogP contribution in [0.4, 0.5) is 9.18 Å². The van der Waals surface area contributed by atoms with Gasteiger partial charge in [-0.2, -0.15) is 16.2 Å². The standard InChI is InChI=1S/C14H24FN3O3SSi/c1-23(2,3)9-5-8-22-7-4-6-16-13(20)18-10-11(15)12(19)17-14(18)21/h10H,4-9H2,1-3H3,(H,16,20)(H,17,19,21). The van der Waals surface area contributed by atoms with Crippen molar-refractivity contribution in [2.24, 2.45) is 0 Å². The van der Waals surface area contributed by atoms with E-state index in [0.717, 1.165) is 17.9 Å². The van der Waals surface area contributed by atoms with E-state index in [4.69, 9.17) is 0 Å². The zero-order chi connectivity index (χ0) is 17.5. The molecule has 0 spiro atoms. The van der Waals surface area contributed by atoms with Crippen molar-refractivity contribution in [2.45, 2.75) is 38.5 Å². The van der Waals surface area contributed by atoms with E-state index >= 15 is 0 Å². The molecule has 1 amide bonds. The molecule has 2 N–H and O–H groups in total. The first-order valence-electron chi connectivity index (χ1n) is 7.58. The third-order valence-corrected chi connectivity index (χ3v) is 6.08. The summed E-state index contributed by atoms with van der Waals surface area (Å²) in [5.41, 5.74) is -2.08. The van der Waals surface area contributed by atoms with Gasteiger partial charge in [0.15, 0.2) is 0 Å². The minimum absolute atomic E-state index is 0.396. The van der Waals surface area contributed by atoms with Crippen LogP contribution in [0.25, 0.3) is 0 Å². The molecule has 0 aliphatic heterocycles. The number of hydrogen-bond donors (Lipinski definition) is 2. The molecular formula is C14H24FN3O3SSi. The highest BCUT2D eigenvalue weighted by Gasteiger charge is 2.12. The molecular weight excluding hydrogens is 337 g/mol. The Balaban J connectivity index is 2.24. The van der Waals surface area contributed by atoms with Crippen LogP contribution < -0.4 is 16.6 Å². The molecule has 1 aromatic heterocycles. The Morgan fingerprint density at radius 3 is 2.61 bits per heavy atom. The number of thioether (sulfide) groups is 1. The van der Waals surface area contributed by atoms with Gasteiger partial charge in [0.2, 0.25) is 5.82 Å². The van der Waals surface area contributed by atoms with Gasteiger partial charge in [0.05, 0.1) is 6.20 Å². The van der Waals surface area contributed by atoms with Gasteiger partial charge in [-0.3, -0.25) is 9.78 Å². The molecule has 23 heavy (non-hydrogen) atoms. The molecule has 9 heteroatoms. The third-order valence-electron chi connectivity index (χ3n) is 3.07. The van der Waals surface area contributed by atoms with Crippen molar-refractivity contribution in [3.63, 3.8) is 0 Å². The molecule has 1 aromatic rings. The lowest BCUT2D eigenvalue weighted by Crippen LogP contribution is -2.41. The largest absolute Gasteiger partial charge is 0.337 e. The summed E-state index contributed by atoms with van der Waals surface area (Å²) < 4.78 is 13.6. The fourth-order valence-corrected chi connectivity index (χ4v) is 4.25. The van der Waals surface area contributed by atoms with Crippen LogP contribution >= 0.6 is 11.8 Å². The molecule has 0 saturated carbocycles. The number of halogens is 1. The van der Waals surface area contributed by atoms with Crippen molar-refractivity contribution in [3.8, 4) is 0 Å². The molecule has 130 valence electrons. The molecule has 0 unspecified atom stereocenters. The Morgan fingerprint density at radius 1 is 1.30 bits per heavy atom. The van der Waals surface area contributed by atoms with Crippen LogP contribution in [0.1, 0.15) is 12.8 Å². The zero-order valence-electron chi connectivity index (χ0n) is 13.8. The molecule has 1 heterocycles. The highest BCUT2D eigenvalue weighted by molar-refractivity contribution is 7.99. The van der Waals surface area contributed by atoms with E-state index in [1.807, 2.05) is 11.8 Å². The number of nitrogens with one attached hydrogen (secondary N) is 2. The molecule has 0 fully saturated rings. The summed E-state index contributed by atoms with van der Waals surface area (Å²) in [6.07, 6.45) is 2.59. The van der Waals surface area contributed by atoms with E-state index in [-0.39, 0.29) is 0 Å². The molecule has 0 saturated heterocycles. The zero-order valence-corrected chi connectivity index (χ0v) is 15.6. The smallest absolute Gasteiger partial charge is 0.336 e. The van der Waals surface area contributed by atoms with E-state index in [0.29, 0.717) is 17.3 Å². The first-order chi connectivity index (χ1) is 10.7.